The molecule has 0 fully saturated rings. The lowest BCUT2D eigenvalue weighted by atomic mass is 9.84. The molecule has 0 spiro atoms. The molecule has 10 heteroatoms. The van der Waals surface area contributed by atoms with E-state index < -0.39 is 27.7 Å². The number of amides is 2. The Kier molecular flexibility index (Phi) is 9.17. The van der Waals surface area contributed by atoms with Crippen molar-refractivity contribution in [2.24, 2.45) is 0 Å². The van der Waals surface area contributed by atoms with Crippen LogP contribution in [0.15, 0.2) is 102 Å². The number of hydrogen-bond donors (Lipinski definition) is 3. The van der Waals surface area contributed by atoms with Crippen molar-refractivity contribution in [1.82, 2.24) is 10.3 Å². The van der Waals surface area contributed by atoms with Gasteiger partial charge in [-0.3, -0.25) is 14.1 Å². The SMILES string of the molecule is CC(C)(C)c1ccc(C(Cc2ccc(C(=O)NCCS(=O)(=O)O)cc2)C(=O)Nc2ccc(-c3cc4ccccc4o3)cn2)cc1. The van der Waals surface area contributed by atoms with Crippen molar-refractivity contribution >= 4 is 38.7 Å². The van der Waals surface area contributed by atoms with Gasteiger partial charge in [0.05, 0.1) is 11.7 Å². The minimum Gasteiger partial charge on any atom is -0.456 e. The molecule has 0 saturated heterocycles. The highest BCUT2D eigenvalue weighted by molar-refractivity contribution is 7.85. The summed E-state index contributed by atoms with van der Waals surface area (Å²) in [5.74, 6) is -0.713. The van der Waals surface area contributed by atoms with E-state index in [4.69, 9.17) is 8.97 Å². The number of nitrogens with one attached hydrogen (secondary N) is 2. The largest absolute Gasteiger partial charge is 0.456 e. The predicted octanol–water partition coefficient (Wildman–Crippen LogP) is 6.37. The first-order valence-electron chi connectivity index (χ1n) is 14.5. The van der Waals surface area contributed by atoms with Crippen LogP contribution in [0.2, 0.25) is 0 Å². The van der Waals surface area contributed by atoms with Crippen LogP contribution in [0.25, 0.3) is 22.3 Å². The van der Waals surface area contributed by atoms with Crippen LogP contribution >= 0.6 is 0 Å². The van der Waals surface area contributed by atoms with Crippen LogP contribution in [-0.4, -0.2) is 42.1 Å². The number of pyridine rings is 1. The molecule has 0 radical (unpaired) electrons. The number of para-hydroxylation sites is 1. The van der Waals surface area contributed by atoms with Crippen molar-refractivity contribution in [2.75, 3.05) is 17.6 Å². The molecular formula is C35H35N3O6S. The molecule has 0 bridgehead atoms. The monoisotopic (exact) mass is 625 g/mol. The Balaban J connectivity index is 1.33. The van der Waals surface area contributed by atoms with Crippen molar-refractivity contribution in [3.63, 3.8) is 0 Å². The highest BCUT2D eigenvalue weighted by atomic mass is 32.2. The summed E-state index contributed by atoms with van der Waals surface area (Å²) < 4.78 is 36.7. The third-order valence-electron chi connectivity index (χ3n) is 7.52. The molecule has 0 aliphatic rings. The molecule has 5 rings (SSSR count). The van der Waals surface area contributed by atoms with Gasteiger partial charge in [0.15, 0.2) is 0 Å². The number of rotatable bonds is 10. The molecule has 2 aromatic heterocycles. The molecule has 9 nitrogen and oxygen atoms in total. The van der Waals surface area contributed by atoms with Crippen molar-refractivity contribution in [3.8, 4) is 11.3 Å². The highest BCUT2D eigenvalue weighted by Crippen LogP contribution is 2.30. The van der Waals surface area contributed by atoms with E-state index in [1.807, 2.05) is 60.7 Å². The topological polar surface area (TPSA) is 139 Å². The second-order valence-electron chi connectivity index (χ2n) is 11.9. The van der Waals surface area contributed by atoms with Gasteiger partial charge in [-0.15, -0.1) is 0 Å². The number of hydrogen-bond acceptors (Lipinski definition) is 6. The Morgan fingerprint density at radius 1 is 0.933 bits per heavy atom. The molecule has 5 aromatic rings. The molecule has 0 aliphatic carbocycles. The van der Waals surface area contributed by atoms with Gasteiger partial charge in [0.2, 0.25) is 5.91 Å². The number of benzene rings is 3. The first-order valence-corrected chi connectivity index (χ1v) is 16.2. The molecular weight excluding hydrogens is 590 g/mol. The van der Waals surface area contributed by atoms with Gasteiger partial charge in [-0.2, -0.15) is 8.42 Å². The third kappa shape index (κ3) is 8.23. The second-order valence-corrected chi connectivity index (χ2v) is 13.5. The van der Waals surface area contributed by atoms with Crippen molar-refractivity contribution < 1.29 is 27.0 Å². The van der Waals surface area contributed by atoms with Crippen LogP contribution in [-0.2, 0) is 26.7 Å². The van der Waals surface area contributed by atoms with E-state index in [9.17, 15) is 18.0 Å². The number of fused-ring (bicyclic) bond motifs is 1. The molecule has 2 heterocycles. The fraction of sp³-hybridized carbons (Fsp3) is 0.229. The van der Waals surface area contributed by atoms with E-state index in [1.165, 1.54) is 0 Å². The number of furan rings is 1. The average molecular weight is 626 g/mol. The van der Waals surface area contributed by atoms with Gasteiger partial charge in [0.1, 0.15) is 17.2 Å². The maximum atomic E-state index is 13.7. The summed E-state index contributed by atoms with van der Waals surface area (Å²) in [6, 6.07) is 28.1. The van der Waals surface area contributed by atoms with Gasteiger partial charge in [-0.05, 0) is 64.9 Å². The summed E-state index contributed by atoms with van der Waals surface area (Å²) in [7, 11) is -4.17. The number of nitrogens with zero attached hydrogens (tertiary/aromatic N) is 1. The Morgan fingerprint density at radius 2 is 1.64 bits per heavy atom. The third-order valence-corrected chi connectivity index (χ3v) is 8.24. The average Bonchev–Trinajstić information content (AvgIpc) is 3.44. The summed E-state index contributed by atoms with van der Waals surface area (Å²) in [6.07, 6.45) is 2.03. The summed E-state index contributed by atoms with van der Waals surface area (Å²) in [5, 5.41) is 6.43. The minimum absolute atomic E-state index is 0.0421. The van der Waals surface area contributed by atoms with Crippen molar-refractivity contribution in [3.05, 3.63) is 119 Å². The van der Waals surface area contributed by atoms with Crippen LogP contribution in [0, 0.1) is 0 Å². The zero-order valence-corrected chi connectivity index (χ0v) is 26.1. The molecule has 1 atom stereocenters. The van der Waals surface area contributed by atoms with Crippen molar-refractivity contribution in [1.29, 1.82) is 0 Å². The van der Waals surface area contributed by atoms with Crippen LogP contribution < -0.4 is 10.6 Å². The van der Waals surface area contributed by atoms with Gasteiger partial charge < -0.3 is 15.1 Å². The van der Waals surface area contributed by atoms with Crippen molar-refractivity contribution in [2.45, 2.75) is 38.5 Å². The highest BCUT2D eigenvalue weighted by Gasteiger charge is 2.23. The van der Waals surface area contributed by atoms with E-state index >= 15 is 0 Å². The van der Waals surface area contributed by atoms with Gasteiger partial charge in [0.25, 0.3) is 16.0 Å². The predicted molar refractivity (Wildman–Crippen MR) is 175 cm³/mol. The normalized spacial score (nSPS) is 12.5. The second kappa shape index (κ2) is 13.1. The van der Waals surface area contributed by atoms with Gasteiger partial charge in [-0.1, -0.05) is 75.4 Å². The van der Waals surface area contributed by atoms with Crippen LogP contribution in [0.5, 0.6) is 0 Å². The van der Waals surface area contributed by atoms with E-state index in [1.54, 1.807) is 36.5 Å². The molecule has 1 unspecified atom stereocenters. The summed E-state index contributed by atoms with van der Waals surface area (Å²) in [5.41, 5.74) is 4.69. The Labute approximate surface area is 262 Å². The van der Waals surface area contributed by atoms with Crippen LogP contribution in [0.3, 0.4) is 0 Å². The molecule has 3 aromatic carbocycles. The number of carbonyl (C=O) groups is 2. The van der Waals surface area contributed by atoms with E-state index in [2.05, 4.69) is 36.4 Å². The Bertz CT molecular complexity index is 1870. The lowest BCUT2D eigenvalue weighted by Crippen LogP contribution is -2.28. The summed E-state index contributed by atoms with van der Waals surface area (Å²) in [6.45, 7) is 6.19. The standard InChI is InChI=1S/C35H35N3O6S/c1-35(2,3)28-15-12-24(13-16-28)29(20-23-8-10-25(11-9-23)33(39)36-18-19-45(41,42)43)34(40)38-32-17-14-27(22-37-32)31-21-26-6-4-5-7-30(26)44-31/h4-17,21-22,29H,18-20H2,1-3H3,(H,36,39)(H,37,38,40)(H,41,42,43). The maximum absolute atomic E-state index is 13.7. The smallest absolute Gasteiger partial charge is 0.266 e. The Morgan fingerprint density at radius 3 is 2.27 bits per heavy atom. The molecule has 2 amide bonds. The molecule has 0 aliphatic heterocycles. The van der Waals surface area contributed by atoms with E-state index in [0.29, 0.717) is 23.6 Å². The van der Waals surface area contributed by atoms with E-state index in [-0.39, 0.29) is 17.9 Å². The molecule has 232 valence electrons. The fourth-order valence-corrected chi connectivity index (χ4v) is 5.31. The molecule has 3 N–H and O–H groups in total. The number of aromatic nitrogens is 1. The van der Waals surface area contributed by atoms with Gasteiger partial charge >= 0.3 is 0 Å². The summed E-state index contributed by atoms with van der Waals surface area (Å²) in [4.78, 5) is 30.6. The van der Waals surface area contributed by atoms with Gasteiger partial charge in [-0.25, -0.2) is 4.98 Å². The minimum atomic E-state index is -4.17. The molecule has 45 heavy (non-hydrogen) atoms. The fourth-order valence-electron chi connectivity index (χ4n) is 4.95. The lowest BCUT2D eigenvalue weighted by molar-refractivity contribution is -0.117. The van der Waals surface area contributed by atoms with Crippen LogP contribution in [0.4, 0.5) is 5.82 Å². The van der Waals surface area contributed by atoms with Gasteiger partial charge in [0, 0.05) is 29.3 Å². The first kappa shape index (κ1) is 31.6. The number of anilines is 1. The summed E-state index contributed by atoms with van der Waals surface area (Å²) >= 11 is 0. The zero-order chi connectivity index (χ0) is 32.2. The number of carbonyl (C=O) groups excluding carboxylic acids is 2. The van der Waals surface area contributed by atoms with E-state index in [0.717, 1.165) is 33.2 Å². The lowest BCUT2D eigenvalue weighted by Gasteiger charge is -2.22. The van der Waals surface area contributed by atoms with Crippen LogP contribution in [0.1, 0.15) is 53.7 Å². The Hall–Kier alpha value is -4.80. The quantitative estimate of drug-likeness (QED) is 0.153. The maximum Gasteiger partial charge on any atom is 0.266 e. The molecule has 0 saturated carbocycles. The first-order chi connectivity index (χ1) is 21.4. The zero-order valence-electron chi connectivity index (χ0n) is 25.3.